The fourth-order valence-corrected chi connectivity index (χ4v) is 4.50. The molecule has 31 heavy (non-hydrogen) atoms. The third kappa shape index (κ3) is 4.73. The average Bonchev–Trinajstić information content (AvgIpc) is 2.78. The number of aromatic hydroxyl groups is 2. The molecule has 0 saturated heterocycles. The molecule has 4 rings (SSSR count). The van der Waals surface area contributed by atoms with Crippen molar-refractivity contribution in [3.8, 4) is 11.5 Å². The molecule has 0 atom stereocenters. The molecular formula is C24H18Br2N2O3. The van der Waals surface area contributed by atoms with Crippen LogP contribution in [0, 0.1) is 0 Å². The number of hydrogen-bond donors (Lipinski definition) is 3. The molecule has 7 heteroatoms. The monoisotopic (exact) mass is 540 g/mol. The first-order valence-electron chi connectivity index (χ1n) is 9.55. The van der Waals surface area contributed by atoms with Crippen LogP contribution in [0.5, 0.6) is 11.5 Å². The lowest BCUT2D eigenvalue weighted by molar-refractivity contribution is -0.121. The molecular weight excluding hydrogens is 524 g/mol. The number of rotatable bonds is 5. The Hall–Kier alpha value is -2.90. The highest BCUT2D eigenvalue weighted by atomic mass is 79.9. The molecule has 4 aromatic rings. The average molecular weight is 542 g/mol. The van der Waals surface area contributed by atoms with E-state index in [0.29, 0.717) is 16.5 Å². The van der Waals surface area contributed by atoms with Gasteiger partial charge in [0.1, 0.15) is 16.0 Å². The number of carbonyl (C=O) groups is 1. The first-order valence-corrected chi connectivity index (χ1v) is 11.1. The number of phenols is 2. The summed E-state index contributed by atoms with van der Waals surface area (Å²) in [5, 5.41) is 28.4. The summed E-state index contributed by atoms with van der Waals surface area (Å²) in [5.41, 5.74) is 3.89. The first kappa shape index (κ1) is 21.3. The van der Waals surface area contributed by atoms with E-state index in [1.54, 1.807) is 0 Å². The second kappa shape index (κ2) is 9.08. The molecule has 0 bridgehead atoms. The van der Waals surface area contributed by atoms with Crippen LogP contribution in [-0.2, 0) is 11.2 Å². The topological polar surface area (TPSA) is 81.9 Å². The number of phenolic OH excluding ortho intramolecular Hbond substituents is 2. The van der Waals surface area contributed by atoms with Crippen LogP contribution < -0.4 is 5.43 Å². The Balaban J connectivity index is 1.40. The van der Waals surface area contributed by atoms with Crippen molar-refractivity contribution < 1.29 is 15.0 Å². The molecule has 5 nitrogen and oxygen atoms in total. The minimum Gasteiger partial charge on any atom is -0.506 e. The number of benzene rings is 4. The highest BCUT2D eigenvalue weighted by Gasteiger charge is 2.13. The molecule has 0 aromatic heterocycles. The number of hydrazone groups is 1. The van der Waals surface area contributed by atoms with Gasteiger partial charge < -0.3 is 10.2 Å². The maximum atomic E-state index is 12.2. The van der Waals surface area contributed by atoms with Gasteiger partial charge in [-0.1, -0.05) is 42.5 Å². The Morgan fingerprint density at radius 2 is 1.58 bits per heavy atom. The minimum absolute atomic E-state index is 0.109. The summed E-state index contributed by atoms with van der Waals surface area (Å²) in [6, 6.07) is 20.3. The van der Waals surface area contributed by atoms with E-state index in [1.807, 2.05) is 18.2 Å². The van der Waals surface area contributed by atoms with Gasteiger partial charge in [0, 0.05) is 12.0 Å². The van der Waals surface area contributed by atoms with Gasteiger partial charge in [0.15, 0.2) is 0 Å². The van der Waals surface area contributed by atoms with E-state index >= 15 is 0 Å². The Labute approximate surface area is 195 Å². The van der Waals surface area contributed by atoms with Crippen molar-refractivity contribution in [2.24, 2.45) is 5.10 Å². The number of halogens is 2. The lowest BCUT2D eigenvalue weighted by Gasteiger charge is -2.07. The van der Waals surface area contributed by atoms with Crippen LogP contribution in [0.2, 0.25) is 0 Å². The third-order valence-electron chi connectivity index (χ3n) is 5.00. The second-order valence-electron chi connectivity index (χ2n) is 7.13. The van der Waals surface area contributed by atoms with Gasteiger partial charge in [-0.25, -0.2) is 5.43 Å². The molecule has 3 N–H and O–H groups in total. The maximum absolute atomic E-state index is 12.2. The van der Waals surface area contributed by atoms with Gasteiger partial charge in [-0.15, -0.1) is 0 Å². The van der Waals surface area contributed by atoms with Crippen LogP contribution >= 0.6 is 31.9 Å². The maximum Gasteiger partial charge on any atom is 0.240 e. The lowest BCUT2D eigenvalue weighted by atomic mass is 10.00. The first-order chi connectivity index (χ1) is 14.9. The standard InChI is InChI=1S/C24H18Br2N2O3/c25-20-12-19(23(30)22(26)24(20)31)13-27-28-21(29)8-6-14-5-7-17-10-15-3-1-2-4-16(15)11-18(17)9-14/h1-5,7,9-13,30-31H,6,8H2,(H,28,29)/b27-13+. The van der Waals surface area contributed by atoms with Crippen LogP contribution in [-0.4, -0.2) is 22.3 Å². The SMILES string of the molecule is O=C(CCc1ccc2cc3ccccc3cc2c1)N/N=C/c1cc(Br)c(O)c(Br)c1O. The van der Waals surface area contributed by atoms with Gasteiger partial charge >= 0.3 is 0 Å². The summed E-state index contributed by atoms with van der Waals surface area (Å²) in [4.78, 5) is 12.2. The molecule has 4 aromatic carbocycles. The van der Waals surface area contributed by atoms with Gasteiger partial charge in [0.05, 0.1) is 10.7 Å². The Morgan fingerprint density at radius 1 is 0.903 bits per heavy atom. The number of aryl methyl sites for hydroxylation is 1. The van der Waals surface area contributed by atoms with Gasteiger partial charge in [0.2, 0.25) is 5.91 Å². The summed E-state index contributed by atoms with van der Waals surface area (Å²) < 4.78 is 0.549. The smallest absolute Gasteiger partial charge is 0.240 e. The summed E-state index contributed by atoms with van der Waals surface area (Å²) in [6.45, 7) is 0. The van der Waals surface area contributed by atoms with Gasteiger partial charge in [0.25, 0.3) is 0 Å². The largest absolute Gasteiger partial charge is 0.506 e. The van der Waals surface area contributed by atoms with Gasteiger partial charge in [-0.3, -0.25) is 4.79 Å². The summed E-state index contributed by atoms with van der Waals surface area (Å²) >= 11 is 6.30. The van der Waals surface area contributed by atoms with Crippen molar-refractivity contribution in [3.05, 3.63) is 80.7 Å². The van der Waals surface area contributed by atoms with Crippen molar-refractivity contribution in [2.45, 2.75) is 12.8 Å². The van der Waals surface area contributed by atoms with Gasteiger partial charge in [-0.2, -0.15) is 5.10 Å². The number of amides is 1. The van der Waals surface area contributed by atoms with Crippen LogP contribution in [0.1, 0.15) is 17.5 Å². The molecule has 0 saturated carbocycles. The molecule has 156 valence electrons. The van der Waals surface area contributed by atoms with Crippen molar-refractivity contribution in [3.63, 3.8) is 0 Å². The van der Waals surface area contributed by atoms with E-state index in [-0.39, 0.29) is 28.3 Å². The van der Waals surface area contributed by atoms with Crippen LogP contribution in [0.4, 0.5) is 0 Å². The molecule has 0 aliphatic rings. The van der Waals surface area contributed by atoms with Crippen LogP contribution in [0.3, 0.4) is 0 Å². The molecule has 0 radical (unpaired) electrons. The lowest BCUT2D eigenvalue weighted by Crippen LogP contribution is -2.17. The summed E-state index contributed by atoms with van der Waals surface area (Å²) in [5.74, 6) is -0.504. The normalized spacial score (nSPS) is 11.4. The predicted octanol–water partition coefficient (Wildman–Crippen LogP) is 6.01. The van der Waals surface area contributed by atoms with Gasteiger partial charge in [-0.05, 0) is 83.6 Å². The predicted molar refractivity (Wildman–Crippen MR) is 131 cm³/mol. The molecule has 1 amide bonds. The van der Waals surface area contributed by atoms with Crippen molar-refractivity contribution in [2.75, 3.05) is 0 Å². The van der Waals surface area contributed by atoms with Crippen LogP contribution in [0.25, 0.3) is 21.5 Å². The minimum atomic E-state index is -0.230. The zero-order chi connectivity index (χ0) is 22.0. The fourth-order valence-electron chi connectivity index (χ4n) is 3.35. The molecule has 0 heterocycles. The van der Waals surface area contributed by atoms with Crippen molar-refractivity contribution in [1.29, 1.82) is 0 Å². The Kier molecular flexibility index (Phi) is 6.25. The highest BCUT2D eigenvalue weighted by Crippen LogP contribution is 2.40. The molecule has 0 aliphatic carbocycles. The van der Waals surface area contributed by atoms with Crippen LogP contribution in [0.15, 0.2) is 74.7 Å². The number of fused-ring (bicyclic) bond motifs is 2. The quantitative estimate of drug-likeness (QED) is 0.164. The van der Waals surface area contributed by atoms with E-state index in [1.165, 1.54) is 28.4 Å². The van der Waals surface area contributed by atoms with E-state index < -0.39 is 0 Å². The summed E-state index contributed by atoms with van der Waals surface area (Å²) in [7, 11) is 0. The number of hydrogen-bond acceptors (Lipinski definition) is 4. The molecule has 0 unspecified atom stereocenters. The number of carbonyl (C=O) groups excluding carboxylic acids is 1. The highest BCUT2D eigenvalue weighted by molar-refractivity contribution is 9.11. The third-order valence-corrected chi connectivity index (χ3v) is 6.36. The molecule has 0 spiro atoms. The van der Waals surface area contributed by atoms with E-state index in [0.717, 1.165) is 10.9 Å². The van der Waals surface area contributed by atoms with E-state index in [4.69, 9.17) is 0 Å². The van der Waals surface area contributed by atoms with Crippen molar-refractivity contribution >= 4 is 65.5 Å². The zero-order valence-electron chi connectivity index (χ0n) is 16.3. The van der Waals surface area contributed by atoms with Crippen molar-refractivity contribution in [1.82, 2.24) is 5.43 Å². The fraction of sp³-hybridized carbons (Fsp3) is 0.0833. The molecule has 0 aliphatic heterocycles. The Bertz CT molecular complexity index is 1340. The van der Waals surface area contributed by atoms with E-state index in [9.17, 15) is 15.0 Å². The zero-order valence-corrected chi connectivity index (χ0v) is 19.4. The number of nitrogens with zero attached hydrogens (tertiary/aromatic N) is 1. The Morgan fingerprint density at radius 3 is 2.32 bits per heavy atom. The van der Waals surface area contributed by atoms with E-state index in [2.05, 4.69) is 78.8 Å². The summed E-state index contributed by atoms with van der Waals surface area (Å²) in [6.07, 6.45) is 2.19. The second-order valence-corrected chi connectivity index (χ2v) is 8.78. The number of nitrogens with one attached hydrogen (secondary N) is 1. The molecule has 0 fully saturated rings.